The van der Waals surface area contributed by atoms with E-state index in [0.717, 1.165) is 105 Å². The molecule has 0 atom stereocenters. The fraction of sp³-hybridized carbons (Fsp3) is 0. The normalized spacial score (nSPS) is 11.6. The molecule has 0 bridgehead atoms. The van der Waals surface area contributed by atoms with Crippen LogP contribution < -0.4 is 0 Å². The van der Waals surface area contributed by atoms with Gasteiger partial charge in [0.05, 0.1) is 0 Å². The van der Waals surface area contributed by atoms with E-state index in [1.807, 2.05) is 30.3 Å². The van der Waals surface area contributed by atoms with Crippen molar-refractivity contribution >= 4 is 54.6 Å². The van der Waals surface area contributed by atoms with Gasteiger partial charge in [-0.1, -0.05) is 194 Å². The molecule has 0 aliphatic heterocycles. The fourth-order valence-corrected chi connectivity index (χ4v) is 9.57. The van der Waals surface area contributed by atoms with Gasteiger partial charge in [0, 0.05) is 49.2 Å². The number of hydrogen-bond acceptors (Lipinski definition) is 5. The molecule has 308 valence electrons. The predicted molar refractivity (Wildman–Crippen MR) is 270 cm³/mol. The van der Waals surface area contributed by atoms with Crippen LogP contribution in [0.25, 0.3) is 133 Å². The molecule has 0 saturated heterocycles. The lowest BCUT2D eigenvalue weighted by atomic mass is 9.97. The van der Waals surface area contributed by atoms with Crippen LogP contribution in [0.3, 0.4) is 0 Å². The molecule has 5 heteroatoms. The Hall–Kier alpha value is -8.93. The summed E-state index contributed by atoms with van der Waals surface area (Å²) in [5.41, 5.74) is 14.7. The summed E-state index contributed by atoms with van der Waals surface area (Å²) in [7, 11) is 0. The van der Waals surface area contributed by atoms with Crippen molar-refractivity contribution in [3.05, 3.63) is 224 Å². The smallest absolute Gasteiger partial charge is 0.164 e. The summed E-state index contributed by atoms with van der Waals surface area (Å²) in [5.74, 6) is 1.69. The third-order valence-electron chi connectivity index (χ3n) is 12.8. The van der Waals surface area contributed by atoms with Gasteiger partial charge >= 0.3 is 0 Å². The molecule has 3 aromatic heterocycles. The molecule has 0 unspecified atom stereocenters. The van der Waals surface area contributed by atoms with Crippen molar-refractivity contribution in [2.75, 3.05) is 0 Å². The van der Waals surface area contributed by atoms with Gasteiger partial charge in [0.15, 0.2) is 17.5 Å². The quantitative estimate of drug-likeness (QED) is 0.160. The molecular formula is C61H37N3O2. The van der Waals surface area contributed by atoms with Crippen molar-refractivity contribution < 1.29 is 8.83 Å². The number of fused-ring (bicyclic) bond motifs is 8. The van der Waals surface area contributed by atoms with Gasteiger partial charge in [0.2, 0.25) is 0 Å². The van der Waals surface area contributed by atoms with Gasteiger partial charge < -0.3 is 8.83 Å². The Balaban J connectivity index is 0.980. The molecular weight excluding hydrogens is 807 g/mol. The van der Waals surface area contributed by atoms with Crippen molar-refractivity contribution in [1.29, 1.82) is 0 Å². The van der Waals surface area contributed by atoms with E-state index in [-0.39, 0.29) is 0 Å². The van der Waals surface area contributed by atoms with E-state index < -0.39 is 0 Å². The Labute approximate surface area is 379 Å². The topological polar surface area (TPSA) is 65.0 Å². The number of para-hydroxylation sites is 1. The molecule has 0 aliphatic rings. The second-order valence-corrected chi connectivity index (χ2v) is 16.7. The van der Waals surface area contributed by atoms with E-state index >= 15 is 0 Å². The molecule has 5 nitrogen and oxygen atoms in total. The van der Waals surface area contributed by atoms with Crippen LogP contribution in [-0.2, 0) is 0 Å². The van der Waals surface area contributed by atoms with E-state index in [9.17, 15) is 0 Å². The van der Waals surface area contributed by atoms with Gasteiger partial charge in [-0.2, -0.15) is 0 Å². The van der Waals surface area contributed by atoms with Gasteiger partial charge in [-0.3, -0.25) is 0 Å². The molecule has 0 N–H and O–H groups in total. The average Bonchev–Trinajstić information content (AvgIpc) is 3.99. The van der Waals surface area contributed by atoms with Crippen molar-refractivity contribution in [3.8, 4) is 78.7 Å². The van der Waals surface area contributed by atoms with Gasteiger partial charge in [-0.15, -0.1) is 0 Å². The third-order valence-corrected chi connectivity index (χ3v) is 12.8. The van der Waals surface area contributed by atoms with Gasteiger partial charge in [-0.25, -0.2) is 15.0 Å². The monoisotopic (exact) mass is 843 g/mol. The summed E-state index contributed by atoms with van der Waals surface area (Å²) in [5, 5.41) is 6.40. The summed E-state index contributed by atoms with van der Waals surface area (Å²) in [6, 6.07) is 78.0. The first-order chi connectivity index (χ1) is 32.7. The zero-order valence-corrected chi connectivity index (χ0v) is 35.5. The lowest BCUT2D eigenvalue weighted by Crippen LogP contribution is -2.00. The largest absolute Gasteiger partial charge is 0.456 e. The Kier molecular flexibility index (Phi) is 8.78. The number of benzene rings is 10. The van der Waals surface area contributed by atoms with Crippen molar-refractivity contribution in [1.82, 2.24) is 15.0 Å². The summed E-state index contributed by atoms with van der Waals surface area (Å²) >= 11 is 0. The SMILES string of the molecule is c1ccc(-c2cccc(-c3ccc(-c4nc(-c5cccc(-c6cccc7c6oc6c8ccccc8ccc76)c5)nc(-c5cccc6oc7cccc(-c8ccccc8)c7c56)n4)cc3)c2)cc1. The second kappa shape index (κ2) is 15.4. The molecule has 3 heterocycles. The minimum absolute atomic E-state index is 0.558. The molecule has 13 aromatic rings. The zero-order valence-electron chi connectivity index (χ0n) is 35.5. The second-order valence-electron chi connectivity index (χ2n) is 16.7. The van der Waals surface area contributed by atoms with E-state index in [0.29, 0.717) is 17.5 Å². The number of nitrogens with zero attached hydrogens (tertiary/aromatic N) is 3. The van der Waals surface area contributed by atoms with Crippen molar-refractivity contribution in [2.24, 2.45) is 0 Å². The Bertz CT molecular complexity index is 3980. The van der Waals surface area contributed by atoms with Crippen LogP contribution in [0.5, 0.6) is 0 Å². The molecule has 0 spiro atoms. The van der Waals surface area contributed by atoms with E-state index in [2.05, 4.69) is 194 Å². The number of rotatable bonds is 7. The maximum Gasteiger partial charge on any atom is 0.164 e. The number of aromatic nitrogens is 3. The number of furan rings is 2. The predicted octanol–water partition coefficient (Wildman–Crippen LogP) is 16.5. The first kappa shape index (κ1) is 37.6. The van der Waals surface area contributed by atoms with Crippen LogP contribution in [0.2, 0.25) is 0 Å². The van der Waals surface area contributed by atoms with Crippen LogP contribution in [0, 0.1) is 0 Å². The van der Waals surface area contributed by atoms with Crippen LogP contribution >= 0.6 is 0 Å². The van der Waals surface area contributed by atoms with E-state index in [1.54, 1.807) is 0 Å². The Morgan fingerprint density at radius 3 is 1.53 bits per heavy atom. The summed E-state index contributed by atoms with van der Waals surface area (Å²) in [4.78, 5) is 15.9. The van der Waals surface area contributed by atoms with Crippen LogP contribution in [-0.4, -0.2) is 15.0 Å². The fourth-order valence-electron chi connectivity index (χ4n) is 9.57. The first-order valence-electron chi connectivity index (χ1n) is 22.2. The highest BCUT2D eigenvalue weighted by Gasteiger charge is 2.21. The lowest BCUT2D eigenvalue weighted by molar-refractivity contribution is 0.669. The molecule has 0 radical (unpaired) electrons. The maximum absolute atomic E-state index is 6.78. The van der Waals surface area contributed by atoms with Gasteiger partial charge in [0.1, 0.15) is 22.3 Å². The molecule has 66 heavy (non-hydrogen) atoms. The highest BCUT2D eigenvalue weighted by molar-refractivity contribution is 6.18. The summed E-state index contributed by atoms with van der Waals surface area (Å²) < 4.78 is 13.3. The van der Waals surface area contributed by atoms with Crippen LogP contribution in [0.1, 0.15) is 0 Å². The minimum atomic E-state index is 0.558. The lowest BCUT2D eigenvalue weighted by Gasteiger charge is -2.11. The summed E-state index contributed by atoms with van der Waals surface area (Å²) in [6.07, 6.45) is 0. The van der Waals surface area contributed by atoms with Crippen LogP contribution in [0.15, 0.2) is 233 Å². The van der Waals surface area contributed by atoms with Crippen molar-refractivity contribution in [2.45, 2.75) is 0 Å². The van der Waals surface area contributed by atoms with Crippen LogP contribution in [0.4, 0.5) is 0 Å². The van der Waals surface area contributed by atoms with E-state index in [4.69, 9.17) is 23.8 Å². The van der Waals surface area contributed by atoms with Gasteiger partial charge in [-0.05, 0) is 74.7 Å². The van der Waals surface area contributed by atoms with Gasteiger partial charge in [0.25, 0.3) is 0 Å². The Morgan fingerprint density at radius 1 is 0.258 bits per heavy atom. The highest BCUT2D eigenvalue weighted by Crippen LogP contribution is 2.43. The maximum atomic E-state index is 6.78. The third kappa shape index (κ3) is 6.36. The number of hydrogen-bond donors (Lipinski definition) is 0. The summed E-state index contributed by atoms with van der Waals surface area (Å²) in [6.45, 7) is 0. The highest BCUT2D eigenvalue weighted by atomic mass is 16.3. The molecule has 0 aliphatic carbocycles. The molecule has 0 fully saturated rings. The zero-order chi connectivity index (χ0) is 43.6. The van der Waals surface area contributed by atoms with E-state index in [1.165, 1.54) is 11.1 Å². The van der Waals surface area contributed by atoms with Crippen molar-refractivity contribution in [3.63, 3.8) is 0 Å². The first-order valence-corrected chi connectivity index (χ1v) is 22.2. The molecule has 0 saturated carbocycles. The Morgan fingerprint density at radius 2 is 0.758 bits per heavy atom. The standard InChI is InChI=1S/C61H37N3O2/c1-3-14-38(15-4-1)43-19-9-20-44(36-43)39-30-32-42(33-31-39)59-62-60(64-61(63-59)52-27-13-29-54-56(52)55-47(24-12-28-53(55)65-54)40-16-5-2-6-17-40)46-22-10-21-45(37-46)49-25-11-26-50-51-35-34-41-18-7-8-23-48(41)57(51)66-58(49)50/h1-37H. The molecule has 0 amide bonds. The average molecular weight is 844 g/mol. The minimum Gasteiger partial charge on any atom is -0.456 e. The molecule has 13 rings (SSSR count). The molecule has 10 aromatic carbocycles.